The number of primary amides is 1. The molecule has 4 unspecified atom stereocenters. The Morgan fingerprint density at radius 3 is 2.59 bits per heavy atom. The van der Waals surface area contributed by atoms with Crippen LogP contribution in [0.3, 0.4) is 0 Å². The number of rotatable bonds is 7. The summed E-state index contributed by atoms with van der Waals surface area (Å²) in [6, 6.07) is -0.0458. The van der Waals surface area contributed by atoms with Crippen LogP contribution in [-0.2, 0) is 0 Å². The Morgan fingerprint density at radius 2 is 2.07 bits per heavy atom. The first-order chi connectivity index (χ1) is 12.5. The number of amides is 1. The van der Waals surface area contributed by atoms with Gasteiger partial charge in [-0.3, -0.25) is 4.79 Å². The molecule has 8 radical (unpaired) electrons. The molecule has 0 bridgehead atoms. The molecule has 1 aliphatic rings. The summed E-state index contributed by atoms with van der Waals surface area (Å²) < 4.78 is 0. The highest BCUT2D eigenvalue weighted by Crippen LogP contribution is 2.34. The van der Waals surface area contributed by atoms with Crippen molar-refractivity contribution < 1.29 is 9.90 Å². The Balaban J connectivity index is 2.27. The second kappa shape index (κ2) is 8.17. The number of nitrogens with zero attached hydrogens (tertiary/aromatic N) is 2. The Labute approximate surface area is 165 Å². The fraction of sp³-hybridized carbons (Fsp3) is 0.688. The van der Waals surface area contributed by atoms with Crippen LogP contribution in [0, 0.1) is 5.92 Å². The number of aliphatic hydroxyl groups is 1. The zero-order valence-electron chi connectivity index (χ0n) is 15.8. The molecule has 0 aromatic carbocycles. The highest BCUT2D eigenvalue weighted by Gasteiger charge is 2.35. The summed E-state index contributed by atoms with van der Waals surface area (Å²) in [6.45, 7) is 3.65. The molecule has 1 amide bonds. The molecule has 136 valence electrons. The van der Waals surface area contributed by atoms with Crippen LogP contribution in [0.5, 0.6) is 0 Å². The molecule has 1 aromatic heterocycles. The van der Waals surface area contributed by atoms with E-state index in [0.29, 0.717) is 6.42 Å². The quantitative estimate of drug-likeness (QED) is 0.504. The summed E-state index contributed by atoms with van der Waals surface area (Å²) >= 11 is 0. The first kappa shape index (κ1) is 21.7. The Kier molecular flexibility index (Phi) is 6.55. The maximum atomic E-state index is 11.7. The van der Waals surface area contributed by atoms with Crippen molar-refractivity contribution >= 4 is 49.1 Å². The van der Waals surface area contributed by atoms with E-state index in [1.54, 1.807) is 6.92 Å². The standard InChI is InChI=1S/C16H23B4N5O2/c1-8-3-4-9(5-11(8)26)23-13-10(12(21)27)6-22-14(24-13)25-15(2,7-17)16(18,19)20/h6,8-9,11,26H,3-5,7H2,1-2H3,(H2,21,27)(H2,22,23,24,25). The summed E-state index contributed by atoms with van der Waals surface area (Å²) in [5.41, 5.74) is 4.47. The van der Waals surface area contributed by atoms with E-state index in [1.165, 1.54) is 6.20 Å². The van der Waals surface area contributed by atoms with Crippen LogP contribution in [0.2, 0.25) is 11.4 Å². The third-order valence-electron chi connectivity index (χ3n) is 5.30. The molecule has 1 saturated carbocycles. The SMILES string of the molecule is [B]CC(C)(Nc1ncc(C(N)=O)c(NC2CCC(C)C(O)C2)n1)C([B])([B])[B]. The van der Waals surface area contributed by atoms with Gasteiger partial charge in [0.05, 0.1) is 43.1 Å². The molecule has 0 aliphatic heterocycles. The zero-order valence-corrected chi connectivity index (χ0v) is 15.8. The highest BCUT2D eigenvalue weighted by molar-refractivity contribution is 6.60. The minimum Gasteiger partial charge on any atom is -0.393 e. The zero-order chi connectivity index (χ0) is 20.4. The number of nitrogens with two attached hydrogens (primary N) is 1. The van der Waals surface area contributed by atoms with Crippen molar-refractivity contribution in [1.82, 2.24) is 9.97 Å². The lowest BCUT2D eigenvalue weighted by molar-refractivity contribution is 0.0739. The molecule has 2 rings (SSSR count). The van der Waals surface area contributed by atoms with Gasteiger partial charge in [0.2, 0.25) is 5.95 Å². The Bertz CT molecular complexity index is 687. The van der Waals surface area contributed by atoms with Crippen LogP contribution < -0.4 is 16.4 Å². The van der Waals surface area contributed by atoms with Gasteiger partial charge in [0, 0.05) is 17.8 Å². The fourth-order valence-electron chi connectivity index (χ4n) is 2.94. The number of carbonyl (C=O) groups excluding carboxylic acids is 1. The van der Waals surface area contributed by atoms with Gasteiger partial charge in [0.25, 0.3) is 5.91 Å². The third kappa shape index (κ3) is 5.00. The van der Waals surface area contributed by atoms with Gasteiger partial charge in [-0.2, -0.15) is 4.98 Å². The van der Waals surface area contributed by atoms with Crippen LogP contribution in [-0.4, -0.2) is 70.1 Å². The van der Waals surface area contributed by atoms with E-state index < -0.39 is 22.7 Å². The number of hydrogen-bond acceptors (Lipinski definition) is 6. The number of carbonyl (C=O) groups is 1. The van der Waals surface area contributed by atoms with E-state index in [2.05, 4.69) is 20.6 Å². The monoisotopic (exact) mass is 361 g/mol. The first-order valence-corrected chi connectivity index (χ1v) is 8.93. The molecule has 1 fully saturated rings. The van der Waals surface area contributed by atoms with E-state index in [1.807, 2.05) is 6.92 Å². The van der Waals surface area contributed by atoms with Crippen molar-refractivity contribution in [2.24, 2.45) is 11.7 Å². The topological polar surface area (TPSA) is 113 Å². The fourth-order valence-corrected chi connectivity index (χ4v) is 2.94. The van der Waals surface area contributed by atoms with Gasteiger partial charge >= 0.3 is 0 Å². The maximum Gasteiger partial charge on any atom is 0.254 e. The van der Waals surface area contributed by atoms with Gasteiger partial charge < -0.3 is 21.5 Å². The van der Waals surface area contributed by atoms with Gasteiger partial charge in [0.1, 0.15) is 5.82 Å². The normalized spacial score (nSPS) is 25.4. The van der Waals surface area contributed by atoms with Crippen molar-refractivity contribution in [2.45, 2.75) is 62.2 Å². The smallest absolute Gasteiger partial charge is 0.254 e. The van der Waals surface area contributed by atoms with Crippen molar-refractivity contribution in [2.75, 3.05) is 10.6 Å². The van der Waals surface area contributed by atoms with Crippen molar-refractivity contribution in [3.63, 3.8) is 0 Å². The third-order valence-corrected chi connectivity index (χ3v) is 5.30. The molecule has 11 heteroatoms. The average molecular weight is 361 g/mol. The van der Waals surface area contributed by atoms with E-state index in [-0.39, 0.29) is 35.6 Å². The number of anilines is 2. The summed E-state index contributed by atoms with van der Waals surface area (Å²) in [7, 11) is 23.2. The van der Waals surface area contributed by atoms with Crippen LogP contribution in [0.1, 0.15) is 43.5 Å². The minimum absolute atomic E-state index is 0.0207. The van der Waals surface area contributed by atoms with Crippen LogP contribution in [0.15, 0.2) is 6.20 Å². The predicted molar refractivity (Wildman–Crippen MR) is 110 cm³/mol. The molecule has 1 heterocycles. The second-order valence-corrected chi connectivity index (χ2v) is 7.61. The van der Waals surface area contributed by atoms with E-state index in [4.69, 9.17) is 37.1 Å². The van der Waals surface area contributed by atoms with Crippen molar-refractivity contribution in [3.05, 3.63) is 11.8 Å². The summed E-state index contributed by atoms with van der Waals surface area (Å²) in [5, 5.41) is 14.6. The predicted octanol–water partition coefficient (Wildman–Crippen LogP) is -0.126. The highest BCUT2D eigenvalue weighted by atomic mass is 16.3. The Hall–Kier alpha value is -1.63. The molecule has 0 spiro atoms. The number of aromatic nitrogens is 2. The van der Waals surface area contributed by atoms with Crippen molar-refractivity contribution in [3.8, 4) is 0 Å². The molecule has 5 N–H and O–H groups in total. The molecule has 4 atom stereocenters. The van der Waals surface area contributed by atoms with E-state index in [0.717, 1.165) is 12.8 Å². The molecule has 0 saturated heterocycles. The van der Waals surface area contributed by atoms with Gasteiger partial charge in [-0.15, -0.1) is 5.11 Å². The molecular weight excluding hydrogens is 337 g/mol. The van der Waals surface area contributed by atoms with E-state index in [9.17, 15) is 9.90 Å². The largest absolute Gasteiger partial charge is 0.393 e. The van der Waals surface area contributed by atoms with Gasteiger partial charge in [-0.25, -0.2) is 4.98 Å². The van der Waals surface area contributed by atoms with Crippen LogP contribution in [0.25, 0.3) is 0 Å². The first-order valence-electron chi connectivity index (χ1n) is 8.93. The van der Waals surface area contributed by atoms with Gasteiger partial charge in [0.15, 0.2) is 0 Å². The number of aliphatic hydroxyl groups excluding tert-OH is 1. The minimum atomic E-state index is -1.63. The molecule has 1 aliphatic carbocycles. The molecular formula is C16H23B4N5O2. The summed E-state index contributed by atoms with van der Waals surface area (Å²) in [6.07, 6.45) is 3.16. The Morgan fingerprint density at radius 1 is 1.41 bits per heavy atom. The van der Waals surface area contributed by atoms with Gasteiger partial charge in [-0.05, 0) is 32.1 Å². The second-order valence-electron chi connectivity index (χ2n) is 7.61. The van der Waals surface area contributed by atoms with Crippen LogP contribution >= 0.6 is 0 Å². The maximum absolute atomic E-state index is 11.7. The van der Waals surface area contributed by atoms with E-state index >= 15 is 0 Å². The van der Waals surface area contributed by atoms with Crippen LogP contribution in [0.4, 0.5) is 11.8 Å². The number of nitrogens with one attached hydrogen (secondary N) is 2. The number of hydrogen-bond donors (Lipinski definition) is 4. The molecule has 7 nitrogen and oxygen atoms in total. The molecule has 27 heavy (non-hydrogen) atoms. The summed E-state index contributed by atoms with van der Waals surface area (Å²) in [4.78, 5) is 20.2. The van der Waals surface area contributed by atoms with Gasteiger partial charge in [-0.1, -0.05) is 13.2 Å². The van der Waals surface area contributed by atoms with Crippen molar-refractivity contribution in [1.29, 1.82) is 0 Å². The summed E-state index contributed by atoms with van der Waals surface area (Å²) in [5.74, 6) is -0.0202. The molecule has 1 aromatic rings. The average Bonchev–Trinajstić information content (AvgIpc) is 2.57. The lowest BCUT2D eigenvalue weighted by atomic mass is 9.34. The lowest BCUT2D eigenvalue weighted by Gasteiger charge is -2.44. The lowest BCUT2D eigenvalue weighted by Crippen LogP contribution is -2.48.